The van der Waals surface area contributed by atoms with E-state index in [0.717, 1.165) is 22.6 Å². The number of carbonyl (C=O) groups is 1. The smallest absolute Gasteiger partial charge is 0.321 e. The summed E-state index contributed by atoms with van der Waals surface area (Å²) in [7, 11) is 0. The van der Waals surface area contributed by atoms with E-state index in [1.54, 1.807) is 0 Å². The Bertz CT molecular complexity index is 922. The molecule has 0 amide bonds. The van der Waals surface area contributed by atoms with Crippen molar-refractivity contribution in [1.29, 1.82) is 0 Å². The van der Waals surface area contributed by atoms with Crippen molar-refractivity contribution in [3.8, 4) is 11.3 Å². The van der Waals surface area contributed by atoms with E-state index < -0.39 is 18.1 Å². The molecule has 2 aromatic heterocycles. The largest absolute Gasteiger partial charge is 0.480 e. The van der Waals surface area contributed by atoms with Gasteiger partial charge >= 0.3 is 5.97 Å². The molecule has 26 heavy (non-hydrogen) atoms. The second kappa shape index (κ2) is 6.90. The van der Waals surface area contributed by atoms with E-state index >= 15 is 0 Å². The highest BCUT2D eigenvalue weighted by molar-refractivity contribution is 5.74. The summed E-state index contributed by atoms with van der Waals surface area (Å²) in [5.74, 6) is -0.890. The van der Waals surface area contributed by atoms with Gasteiger partial charge in [-0.25, -0.2) is 4.98 Å². The molecule has 134 valence electrons. The van der Waals surface area contributed by atoms with Gasteiger partial charge in [0, 0.05) is 24.8 Å². The van der Waals surface area contributed by atoms with Crippen LogP contribution in [0, 0.1) is 0 Å². The number of piperidine rings is 1. The normalized spacial score (nSPS) is 21.1. The molecule has 3 heterocycles. The van der Waals surface area contributed by atoms with Crippen LogP contribution in [0.1, 0.15) is 18.5 Å². The highest BCUT2D eigenvalue weighted by atomic mass is 16.4. The quantitative estimate of drug-likeness (QED) is 0.755. The molecule has 0 bridgehead atoms. The number of imidazole rings is 1. The van der Waals surface area contributed by atoms with Crippen LogP contribution in [0.15, 0.2) is 54.7 Å². The molecule has 1 saturated heterocycles. The van der Waals surface area contributed by atoms with Crippen LogP contribution in [0.3, 0.4) is 0 Å². The van der Waals surface area contributed by atoms with Crippen molar-refractivity contribution >= 4 is 11.6 Å². The Balaban J connectivity index is 1.77. The first-order valence-electron chi connectivity index (χ1n) is 8.80. The predicted molar refractivity (Wildman–Crippen MR) is 97.7 cm³/mol. The van der Waals surface area contributed by atoms with Gasteiger partial charge in [0.15, 0.2) is 0 Å². The van der Waals surface area contributed by atoms with Gasteiger partial charge in [-0.3, -0.25) is 9.69 Å². The SMILES string of the molecule is O=C(O)[C@H]1C[C@@H](O)CCN1Cc1c(-c2ccccc2)nc2ccccn12. The van der Waals surface area contributed by atoms with Gasteiger partial charge in [-0.2, -0.15) is 0 Å². The topological polar surface area (TPSA) is 78.1 Å². The molecule has 6 heteroatoms. The molecule has 0 aliphatic carbocycles. The summed E-state index contributed by atoms with van der Waals surface area (Å²) in [4.78, 5) is 18.4. The number of pyridine rings is 1. The molecule has 1 fully saturated rings. The van der Waals surface area contributed by atoms with E-state index in [4.69, 9.17) is 4.98 Å². The monoisotopic (exact) mass is 351 g/mol. The van der Waals surface area contributed by atoms with Crippen molar-refractivity contribution in [2.75, 3.05) is 6.54 Å². The highest BCUT2D eigenvalue weighted by Crippen LogP contribution is 2.28. The second-order valence-corrected chi connectivity index (χ2v) is 6.70. The Morgan fingerprint density at radius 1 is 1.15 bits per heavy atom. The lowest BCUT2D eigenvalue weighted by molar-refractivity contribution is -0.147. The third-order valence-corrected chi connectivity index (χ3v) is 5.00. The Morgan fingerprint density at radius 3 is 2.69 bits per heavy atom. The van der Waals surface area contributed by atoms with Gasteiger partial charge in [0.25, 0.3) is 0 Å². The summed E-state index contributed by atoms with van der Waals surface area (Å²) < 4.78 is 2.02. The maximum absolute atomic E-state index is 11.7. The molecule has 4 rings (SSSR count). The molecular formula is C20H21N3O3. The molecule has 0 unspecified atom stereocenters. The van der Waals surface area contributed by atoms with Crippen LogP contribution in [-0.4, -0.2) is 49.2 Å². The lowest BCUT2D eigenvalue weighted by Gasteiger charge is -2.35. The van der Waals surface area contributed by atoms with Crippen LogP contribution in [-0.2, 0) is 11.3 Å². The van der Waals surface area contributed by atoms with Crippen molar-refractivity contribution in [3.05, 3.63) is 60.4 Å². The average Bonchev–Trinajstić information content (AvgIpc) is 3.02. The Hall–Kier alpha value is -2.70. The summed E-state index contributed by atoms with van der Waals surface area (Å²) >= 11 is 0. The van der Waals surface area contributed by atoms with Crippen molar-refractivity contribution in [2.45, 2.75) is 31.5 Å². The van der Waals surface area contributed by atoms with Gasteiger partial charge in [-0.05, 0) is 25.0 Å². The minimum Gasteiger partial charge on any atom is -0.480 e. The number of nitrogens with zero attached hydrogens (tertiary/aromatic N) is 3. The fourth-order valence-corrected chi connectivity index (χ4v) is 3.66. The first-order chi connectivity index (χ1) is 12.6. The second-order valence-electron chi connectivity index (χ2n) is 6.70. The predicted octanol–water partition coefficient (Wildman–Crippen LogP) is 2.41. The fraction of sp³-hybridized carbons (Fsp3) is 0.300. The van der Waals surface area contributed by atoms with Crippen molar-refractivity contribution in [1.82, 2.24) is 14.3 Å². The van der Waals surface area contributed by atoms with Crippen molar-refractivity contribution in [3.63, 3.8) is 0 Å². The number of carboxylic acid groups (broad SMARTS) is 1. The van der Waals surface area contributed by atoms with Crippen LogP contribution in [0.2, 0.25) is 0 Å². The van der Waals surface area contributed by atoms with E-state index in [-0.39, 0.29) is 6.42 Å². The third-order valence-electron chi connectivity index (χ3n) is 5.00. The summed E-state index contributed by atoms with van der Waals surface area (Å²) in [5, 5.41) is 19.4. The van der Waals surface area contributed by atoms with Crippen LogP contribution < -0.4 is 0 Å². The average molecular weight is 351 g/mol. The number of aliphatic hydroxyl groups excluding tert-OH is 1. The number of hydrogen-bond donors (Lipinski definition) is 2. The molecule has 2 atom stereocenters. The lowest BCUT2D eigenvalue weighted by Crippen LogP contribution is -2.48. The number of benzene rings is 1. The molecule has 0 radical (unpaired) electrons. The molecule has 0 spiro atoms. The Kier molecular flexibility index (Phi) is 4.44. The zero-order valence-corrected chi connectivity index (χ0v) is 14.3. The Labute approximate surface area is 151 Å². The maximum Gasteiger partial charge on any atom is 0.321 e. The zero-order valence-electron chi connectivity index (χ0n) is 14.3. The molecule has 6 nitrogen and oxygen atoms in total. The number of hydrogen-bond acceptors (Lipinski definition) is 4. The fourth-order valence-electron chi connectivity index (χ4n) is 3.66. The number of fused-ring (bicyclic) bond motifs is 1. The van der Waals surface area contributed by atoms with Gasteiger partial charge in [-0.1, -0.05) is 36.4 Å². The maximum atomic E-state index is 11.7. The van der Waals surface area contributed by atoms with E-state index in [9.17, 15) is 15.0 Å². The summed E-state index contributed by atoms with van der Waals surface area (Å²) in [6, 6.07) is 15.1. The Morgan fingerprint density at radius 2 is 1.92 bits per heavy atom. The van der Waals surface area contributed by atoms with Gasteiger partial charge in [0.1, 0.15) is 11.7 Å². The van der Waals surface area contributed by atoms with E-state index in [2.05, 4.69) is 0 Å². The van der Waals surface area contributed by atoms with Gasteiger partial charge in [-0.15, -0.1) is 0 Å². The van der Waals surface area contributed by atoms with Crippen LogP contribution in [0.25, 0.3) is 16.9 Å². The van der Waals surface area contributed by atoms with Crippen molar-refractivity contribution < 1.29 is 15.0 Å². The summed E-state index contributed by atoms with van der Waals surface area (Å²) in [6.45, 7) is 1.02. The number of aliphatic hydroxyl groups is 1. The lowest BCUT2D eigenvalue weighted by atomic mass is 9.99. The molecular weight excluding hydrogens is 330 g/mol. The van der Waals surface area contributed by atoms with Crippen LogP contribution >= 0.6 is 0 Å². The summed E-state index contributed by atoms with van der Waals surface area (Å²) in [6.07, 6.45) is 2.25. The molecule has 1 aliphatic rings. The van der Waals surface area contributed by atoms with E-state index in [1.165, 1.54) is 0 Å². The number of aromatic nitrogens is 2. The zero-order chi connectivity index (χ0) is 18.1. The van der Waals surface area contributed by atoms with Gasteiger partial charge in [0.2, 0.25) is 0 Å². The molecule has 1 aromatic carbocycles. The number of aliphatic carboxylic acids is 1. The van der Waals surface area contributed by atoms with Gasteiger partial charge in [0.05, 0.1) is 17.5 Å². The minimum atomic E-state index is -0.890. The highest BCUT2D eigenvalue weighted by Gasteiger charge is 2.33. The molecule has 0 saturated carbocycles. The molecule has 1 aliphatic heterocycles. The van der Waals surface area contributed by atoms with E-state index in [1.807, 2.05) is 64.0 Å². The van der Waals surface area contributed by atoms with Gasteiger partial charge < -0.3 is 14.6 Å². The minimum absolute atomic E-state index is 0.257. The molecule has 2 N–H and O–H groups in total. The van der Waals surface area contributed by atoms with Crippen molar-refractivity contribution in [2.24, 2.45) is 0 Å². The number of carboxylic acids is 1. The summed E-state index contributed by atoms with van der Waals surface area (Å²) in [5.41, 5.74) is 3.68. The molecule has 3 aromatic rings. The number of rotatable bonds is 4. The number of likely N-dealkylation sites (tertiary alicyclic amines) is 1. The first-order valence-corrected chi connectivity index (χ1v) is 8.80. The third kappa shape index (κ3) is 3.09. The van der Waals surface area contributed by atoms with Crippen LogP contribution in [0.5, 0.6) is 0 Å². The standard InChI is InChI=1S/C20H21N3O3/c24-15-9-11-22(16(12-15)20(25)26)13-17-19(14-6-2-1-3-7-14)21-18-8-4-5-10-23(17)18/h1-8,10,15-16,24H,9,11-13H2,(H,25,26)/t15-,16+/m0/s1. The first kappa shape index (κ1) is 16.8. The van der Waals surface area contributed by atoms with Crippen LogP contribution in [0.4, 0.5) is 0 Å². The van der Waals surface area contributed by atoms with E-state index in [0.29, 0.717) is 19.5 Å².